The quantitative estimate of drug-likeness (QED) is 0.429. The van der Waals surface area contributed by atoms with E-state index < -0.39 is 35.1 Å². The molecule has 0 aliphatic rings. The van der Waals surface area contributed by atoms with Gasteiger partial charge in [0.25, 0.3) is 0 Å². The van der Waals surface area contributed by atoms with Crippen LogP contribution < -0.4 is 5.32 Å². The summed E-state index contributed by atoms with van der Waals surface area (Å²) in [4.78, 5) is 11.8. The Morgan fingerprint density at radius 2 is 1.41 bits per heavy atom. The normalized spacial score (nSPS) is 12.4. The molecule has 0 aromatic heterocycles. The molecule has 0 fully saturated rings. The number of alkyl halides is 6. The Labute approximate surface area is 159 Å². The van der Waals surface area contributed by atoms with E-state index in [1.807, 2.05) is 5.32 Å². The van der Waals surface area contributed by atoms with E-state index in [2.05, 4.69) is 0 Å². The zero-order chi connectivity index (χ0) is 20.4. The molecule has 0 heterocycles. The van der Waals surface area contributed by atoms with Gasteiger partial charge >= 0.3 is 12.4 Å². The average molecular weight is 428 g/mol. The number of carbonyl (C=O) groups is 1. The van der Waals surface area contributed by atoms with Crippen molar-refractivity contribution in [1.82, 2.24) is 0 Å². The first-order valence-electron chi connectivity index (χ1n) is 7.10. The number of carbonyl (C=O) groups excluding carboxylic acids is 1. The maximum atomic E-state index is 12.8. The molecular weight excluding hydrogens is 419 g/mol. The summed E-state index contributed by atoms with van der Waals surface area (Å²) in [6.07, 6.45) is -7.80. The van der Waals surface area contributed by atoms with Gasteiger partial charge in [-0.1, -0.05) is 29.3 Å². The first kappa shape index (κ1) is 21.1. The Morgan fingerprint density at radius 1 is 0.852 bits per heavy atom. The molecule has 10 heteroatoms. The molecular formula is C17H9Cl2F6NO. The zero-order valence-electron chi connectivity index (χ0n) is 13.1. The van der Waals surface area contributed by atoms with Crippen LogP contribution in [0.4, 0.5) is 32.0 Å². The van der Waals surface area contributed by atoms with Crippen LogP contribution in [0, 0.1) is 0 Å². The van der Waals surface area contributed by atoms with Gasteiger partial charge < -0.3 is 5.32 Å². The average Bonchev–Trinajstić information content (AvgIpc) is 2.54. The lowest BCUT2D eigenvalue weighted by Crippen LogP contribution is -2.14. The maximum Gasteiger partial charge on any atom is 0.416 e. The molecule has 0 saturated carbocycles. The summed E-state index contributed by atoms with van der Waals surface area (Å²) in [5.74, 6) is -0.923. The van der Waals surface area contributed by atoms with Crippen molar-refractivity contribution in [3.8, 4) is 0 Å². The summed E-state index contributed by atoms with van der Waals surface area (Å²) < 4.78 is 76.8. The van der Waals surface area contributed by atoms with E-state index in [0.717, 1.165) is 6.08 Å². The van der Waals surface area contributed by atoms with E-state index in [9.17, 15) is 31.1 Å². The van der Waals surface area contributed by atoms with Crippen molar-refractivity contribution in [1.29, 1.82) is 0 Å². The topological polar surface area (TPSA) is 29.1 Å². The van der Waals surface area contributed by atoms with Crippen molar-refractivity contribution in [2.45, 2.75) is 12.4 Å². The highest BCUT2D eigenvalue weighted by Gasteiger charge is 2.37. The number of hydrogen-bond acceptors (Lipinski definition) is 1. The number of anilines is 1. The minimum Gasteiger partial charge on any atom is -0.322 e. The lowest BCUT2D eigenvalue weighted by Gasteiger charge is -2.14. The van der Waals surface area contributed by atoms with Crippen molar-refractivity contribution < 1.29 is 31.1 Å². The summed E-state index contributed by atoms with van der Waals surface area (Å²) in [5.41, 5.74) is -3.23. The highest BCUT2D eigenvalue weighted by Crippen LogP contribution is 2.37. The summed E-state index contributed by atoms with van der Waals surface area (Å²) in [5, 5.41) is 2.47. The molecule has 2 nitrogen and oxygen atoms in total. The van der Waals surface area contributed by atoms with Crippen LogP contribution >= 0.6 is 23.2 Å². The van der Waals surface area contributed by atoms with Gasteiger partial charge in [-0.3, -0.25) is 4.79 Å². The predicted molar refractivity (Wildman–Crippen MR) is 90.6 cm³/mol. The molecule has 0 bridgehead atoms. The molecule has 2 aromatic rings. The SMILES string of the molecule is O=C(C=Cc1ccc(Cl)c(Cl)c1)Nc1cc(C(F)(F)F)cc(C(F)(F)F)c1. The van der Waals surface area contributed by atoms with Gasteiger partial charge in [0.1, 0.15) is 0 Å². The first-order chi connectivity index (χ1) is 12.4. The third kappa shape index (κ3) is 5.90. The second-order valence-electron chi connectivity index (χ2n) is 5.29. The van der Waals surface area contributed by atoms with Crippen LogP contribution in [-0.2, 0) is 17.1 Å². The maximum absolute atomic E-state index is 12.8. The summed E-state index contributed by atoms with van der Waals surface area (Å²) in [7, 11) is 0. The van der Waals surface area contributed by atoms with E-state index in [1.54, 1.807) is 0 Å². The van der Waals surface area contributed by atoms with E-state index in [0.29, 0.717) is 17.7 Å². The van der Waals surface area contributed by atoms with Crippen molar-refractivity contribution in [3.05, 3.63) is 69.2 Å². The highest BCUT2D eigenvalue weighted by atomic mass is 35.5. The molecule has 27 heavy (non-hydrogen) atoms. The Morgan fingerprint density at radius 3 is 1.89 bits per heavy atom. The Bertz CT molecular complexity index is 858. The standard InChI is InChI=1S/C17H9Cl2F6NO/c18-13-3-1-9(5-14(13)19)2-4-15(27)26-12-7-10(16(20,21)22)6-11(8-12)17(23,24)25/h1-8H,(H,26,27). The lowest BCUT2D eigenvalue weighted by molar-refractivity contribution is -0.143. The van der Waals surface area contributed by atoms with Gasteiger partial charge in [0, 0.05) is 11.8 Å². The Kier molecular flexibility index (Phi) is 6.11. The summed E-state index contributed by atoms with van der Waals surface area (Å²) in [6, 6.07) is 5.22. The summed E-state index contributed by atoms with van der Waals surface area (Å²) in [6.45, 7) is 0. The van der Waals surface area contributed by atoms with Crippen LogP contribution in [-0.4, -0.2) is 5.91 Å². The number of rotatable bonds is 3. The molecule has 1 N–H and O–H groups in total. The number of halogens is 8. The smallest absolute Gasteiger partial charge is 0.322 e. The van der Waals surface area contributed by atoms with Crippen molar-refractivity contribution in [2.75, 3.05) is 5.32 Å². The van der Waals surface area contributed by atoms with Gasteiger partial charge in [0.15, 0.2) is 0 Å². The Balaban J connectivity index is 2.26. The number of hydrogen-bond donors (Lipinski definition) is 1. The van der Waals surface area contributed by atoms with E-state index >= 15 is 0 Å². The van der Waals surface area contributed by atoms with Crippen molar-refractivity contribution in [2.24, 2.45) is 0 Å². The molecule has 0 radical (unpaired) electrons. The van der Waals surface area contributed by atoms with Crippen LogP contribution in [0.2, 0.25) is 10.0 Å². The molecule has 144 valence electrons. The third-order valence-electron chi connectivity index (χ3n) is 3.23. The monoisotopic (exact) mass is 427 g/mol. The largest absolute Gasteiger partial charge is 0.416 e. The molecule has 0 aliphatic carbocycles. The predicted octanol–water partition coefficient (Wildman–Crippen LogP) is 6.68. The molecule has 0 atom stereocenters. The van der Waals surface area contributed by atoms with Gasteiger partial charge in [-0.05, 0) is 42.0 Å². The highest BCUT2D eigenvalue weighted by molar-refractivity contribution is 6.42. The van der Waals surface area contributed by atoms with Gasteiger partial charge in [0.2, 0.25) is 5.91 Å². The Hall–Kier alpha value is -2.19. The van der Waals surface area contributed by atoms with Crippen molar-refractivity contribution >= 4 is 40.9 Å². The van der Waals surface area contributed by atoms with Gasteiger partial charge in [0.05, 0.1) is 21.2 Å². The molecule has 0 saturated heterocycles. The van der Waals surface area contributed by atoms with Crippen LogP contribution in [0.1, 0.15) is 16.7 Å². The third-order valence-corrected chi connectivity index (χ3v) is 3.97. The summed E-state index contributed by atoms with van der Waals surface area (Å²) >= 11 is 11.5. The molecule has 1 amide bonds. The minimum absolute atomic E-state index is 0.0266. The molecule has 0 unspecified atom stereocenters. The van der Waals surface area contributed by atoms with Crippen molar-refractivity contribution in [3.63, 3.8) is 0 Å². The second-order valence-corrected chi connectivity index (χ2v) is 6.11. The number of nitrogens with one attached hydrogen (secondary N) is 1. The van der Waals surface area contributed by atoms with Crippen LogP contribution in [0.15, 0.2) is 42.5 Å². The lowest BCUT2D eigenvalue weighted by atomic mass is 10.1. The van der Waals surface area contributed by atoms with Gasteiger partial charge in [-0.2, -0.15) is 26.3 Å². The molecule has 0 spiro atoms. The fraction of sp³-hybridized carbons (Fsp3) is 0.118. The molecule has 2 rings (SSSR count). The number of amides is 1. The molecule has 0 aliphatic heterocycles. The fourth-order valence-corrected chi connectivity index (χ4v) is 2.31. The van der Waals surface area contributed by atoms with E-state index in [4.69, 9.17) is 23.2 Å². The minimum atomic E-state index is -5.00. The van der Waals surface area contributed by atoms with Gasteiger partial charge in [-0.25, -0.2) is 0 Å². The van der Waals surface area contributed by atoms with Crippen LogP contribution in [0.25, 0.3) is 6.08 Å². The second kappa shape index (κ2) is 7.82. The first-order valence-corrected chi connectivity index (χ1v) is 7.85. The van der Waals surface area contributed by atoms with Crippen LogP contribution in [0.5, 0.6) is 0 Å². The molecule has 2 aromatic carbocycles. The zero-order valence-corrected chi connectivity index (χ0v) is 14.6. The fourth-order valence-electron chi connectivity index (χ4n) is 2.00. The van der Waals surface area contributed by atoms with Gasteiger partial charge in [-0.15, -0.1) is 0 Å². The van der Waals surface area contributed by atoms with Crippen LogP contribution in [0.3, 0.4) is 0 Å². The van der Waals surface area contributed by atoms with E-state index in [-0.39, 0.29) is 16.1 Å². The van der Waals surface area contributed by atoms with E-state index in [1.165, 1.54) is 24.3 Å². The number of benzene rings is 2.